The lowest BCUT2D eigenvalue weighted by Crippen LogP contribution is -2.18. The SMILES string of the molecule is Cc1cc(-c2nc3cc(Cl)c(Cl)cc3n2Cc2ccc(Cl)c(Cl)c2)cn(C)c1=O. The normalized spacial score (nSPS) is 11.4. The van der Waals surface area contributed by atoms with Gasteiger partial charge in [0.1, 0.15) is 5.82 Å². The fourth-order valence-electron chi connectivity index (χ4n) is 3.32. The molecule has 0 radical (unpaired) electrons. The molecule has 148 valence electrons. The number of benzene rings is 2. The van der Waals surface area contributed by atoms with Crippen LogP contribution in [0.25, 0.3) is 22.4 Å². The number of fused-ring (bicyclic) bond motifs is 1. The summed E-state index contributed by atoms with van der Waals surface area (Å²) < 4.78 is 3.57. The summed E-state index contributed by atoms with van der Waals surface area (Å²) in [5, 5.41) is 1.85. The fraction of sp³-hybridized carbons (Fsp3) is 0.143. The lowest BCUT2D eigenvalue weighted by atomic mass is 10.2. The third-order valence-electron chi connectivity index (χ3n) is 4.74. The van der Waals surface area contributed by atoms with Crippen molar-refractivity contribution < 1.29 is 0 Å². The minimum absolute atomic E-state index is 0.0491. The first-order valence-electron chi connectivity index (χ1n) is 8.71. The van der Waals surface area contributed by atoms with Gasteiger partial charge < -0.3 is 9.13 Å². The molecule has 0 amide bonds. The van der Waals surface area contributed by atoms with E-state index in [4.69, 9.17) is 51.4 Å². The molecule has 0 fully saturated rings. The monoisotopic (exact) mass is 465 g/mol. The zero-order valence-corrected chi connectivity index (χ0v) is 18.5. The van der Waals surface area contributed by atoms with Crippen LogP contribution in [0.3, 0.4) is 0 Å². The molecular weight excluding hydrogens is 452 g/mol. The van der Waals surface area contributed by atoms with Gasteiger partial charge >= 0.3 is 0 Å². The Kier molecular flexibility index (Phi) is 5.38. The number of halogens is 4. The molecule has 2 aromatic heterocycles. The number of pyridine rings is 1. The van der Waals surface area contributed by atoms with Crippen molar-refractivity contribution in [3.8, 4) is 11.4 Å². The molecule has 0 unspecified atom stereocenters. The molecule has 0 atom stereocenters. The van der Waals surface area contributed by atoms with Crippen molar-refractivity contribution in [1.29, 1.82) is 0 Å². The van der Waals surface area contributed by atoms with Gasteiger partial charge in [-0.1, -0.05) is 52.5 Å². The highest BCUT2D eigenvalue weighted by Gasteiger charge is 2.17. The molecule has 29 heavy (non-hydrogen) atoms. The van der Waals surface area contributed by atoms with E-state index in [1.165, 1.54) is 0 Å². The van der Waals surface area contributed by atoms with Gasteiger partial charge in [0, 0.05) is 30.9 Å². The summed E-state index contributed by atoms with van der Waals surface area (Å²) in [5.74, 6) is 0.697. The predicted octanol–water partition coefficient (Wildman–Crippen LogP) is 6.37. The van der Waals surface area contributed by atoms with Gasteiger partial charge in [0.05, 0.1) is 31.1 Å². The average Bonchev–Trinajstić information content (AvgIpc) is 3.00. The zero-order valence-electron chi connectivity index (χ0n) is 15.5. The standard InChI is InChI=1S/C21H15Cl4N3O/c1-11-5-13(10-27(2)21(11)29)20-26-18-7-16(24)17(25)8-19(18)28(20)9-12-3-4-14(22)15(23)6-12/h3-8,10H,9H2,1-2H3. The van der Waals surface area contributed by atoms with Gasteiger partial charge in [-0.25, -0.2) is 4.98 Å². The van der Waals surface area contributed by atoms with E-state index >= 15 is 0 Å². The van der Waals surface area contributed by atoms with Crippen molar-refractivity contribution in [1.82, 2.24) is 14.1 Å². The van der Waals surface area contributed by atoms with E-state index in [9.17, 15) is 4.79 Å². The second-order valence-electron chi connectivity index (χ2n) is 6.85. The first-order chi connectivity index (χ1) is 13.7. The molecule has 2 aromatic carbocycles. The van der Waals surface area contributed by atoms with E-state index in [-0.39, 0.29) is 5.56 Å². The Bertz CT molecular complexity index is 1300. The van der Waals surface area contributed by atoms with Crippen molar-refractivity contribution in [2.24, 2.45) is 7.05 Å². The lowest BCUT2D eigenvalue weighted by molar-refractivity contribution is 0.819. The Balaban J connectivity index is 1.97. The van der Waals surface area contributed by atoms with Crippen molar-refractivity contribution in [3.05, 3.63) is 84.2 Å². The quantitative estimate of drug-likeness (QED) is 0.351. The summed E-state index contributed by atoms with van der Waals surface area (Å²) in [5.41, 5.74) is 3.88. The highest BCUT2D eigenvalue weighted by Crippen LogP contribution is 2.32. The molecule has 0 saturated heterocycles. The first kappa shape index (κ1) is 20.3. The molecule has 4 aromatic rings. The number of imidazole rings is 1. The van der Waals surface area contributed by atoms with Crippen LogP contribution in [-0.2, 0) is 13.6 Å². The molecule has 0 saturated carbocycles. The summed E-state index contributed by atoms with van der Waals surface area (Å²) in [7, 11) is 1.72. The van der Waals surface area contributed by atoms with Gasteiger partial charge in [-0.15, -0.1) is 0 Å². The minimum atomic E-state index is -0.0491. The maximum absolute atomic E-state index is 12.1. The molecule has 0 N–H and O–H groups in total. The number of aryl methyl sites for hydroxylation is 2. The smallest absolute Gasteiger partial charge is 0.253 e. The van der Waals surface area contributed by atoms with Crippen LogP contribution in [0, 0.1) is 6.92 Å². The van der Waals surface area contributed by atoms with Crippen molar-refractivity contribution >= 4 is 57.4 Å². The molecule has 2 heterocycles. The van der Waals surface area contributed by atoms with Crippen molar-refractivity contribution in [2.45, 2.75) is 13.5 Å². The third-order valence-corrected chi connectivity index (χ3v) is 6.20. The van der Waals surface area contributed by atoms with E-state index in [1.54, 1.807) is 42.9 Å². The molecule has 0 bridgehead atoms. The van der Waals surface area contributed by atoms with Crippen LogP contribution in [0.1, 0.15) is 11.1 Å². The van der Waals surface area contributed by atoms with Crippen molar-refractivity contribution in [2.75, 3.05) is 0 Å². The van der Waals surface area contributed by atoms with Gasteiger partial charge in [-0.05, 0) is 42.8 Å². The third kappa shape index (κ3) is 3.78. The van der Waals surface area contributed by atoms with Gasteiger partial charge in [0.25, 0.3) is 5.56 Å². The predicted molar refractivity (Wildman–Crippen MR) is 121 cm³/mol. The number of aromatic nitrogens is 3. The Hall–Kier alpha value is -1.98. The van der Waals surface area contributed by atoms with Crippen LogP contribution in [-0.4, -0.2) is 14.1 Å². The summed E-state index contributed by atoms with van der Waals surface area (Å²) in [6, 6.07) is 10.9. The molecule has 0 spiro atoms. The Labute approximate surface area is 187 Å². The minimum Gasteiger partial charge on any atom is -0.319 e. The van der Waals surface area contributed by atoms with E-state index in [2.05, 4.69) is 0 Å². The van der Waals surface area contributed by atoms with E-state index in [0.717, 1.165) is 16.6 Å². The van der Waals surface area contributed by atoms with Gasteiger partial charge in [-0.2, -0.15) is 0 Å². The molecule has 4 rings (SSSR count). The molecule has 4 nitrogen and oxygen atoms in total. The lowest BCUT2D eigenvalue weighted by Gasteiger charge is -2.12. The number of hydrogen-bond acceptors (Lipinski definition) is 2. The topological polar surface area (TPSA) is 39.8 Å². The molecular formula is C21H15Cl4N3O. The Morgan fingerprint density at radius 2 is 1.62 bits per heavy atom. The van der Waals surface area contributed by atoms with Gasteiger partial charge in [-0.3, -0.25) is 4.79 Å². The number of nitrogens with zero attached hydrogens (tertiary/aromatic N) is 3. The Morgan fingerprint density at radius 3 is 2.31 bits per heavy atom. The molecule has 0 aliphatic rings. The van der Waals surface area contributed by atoms with E-state index < -0.39 is 0 Å². The van der Waals surface area contributed by atoms with Crippen LogP contribution in [0.4, 0.5) is 0 Å². The maximum atomic E-state index is 12.1. The van der Waals surface area contributed by atoms with Crippen LogP contribution in [0.5, 0.6) is 0 Å². The van der Waals surface area contributed by atoms with Gasteiger partial charge in [0.2, 0.25) is 0 Å². The zero-order chi connectivity index (χ0) is 20.9. The average molecular weight is 467 g/mol. The summed E-state index contributed by atoms with van der Waals surface area (Å²) in [4.78, 5) is 16.9. The number of hydrogen-bond donors (Lipinski definition) is 0. The van der Waals surface area contributed by atoms with Gasteiger partial charge in [0.15, 0.2) is 0 Å². The molecule has 8 heteroatoms. The highest BCUT2D eigenvalue weighted by molar-refractivity contribution is 6.43. The summed E-state index contributed by atoms with van der Waals surface area (Å²) >= 11 is 24.7. The van der Waals surface area contributed by atoms with Crippen LogP contribution in [0.15, 0.2) is 47.4 Å². The second-order valence-corrected chi connectivity index (χ2v) is 8.48. The van der Waals surface area contributed by atoms with E-state index in [1.807, 2.05) is 22.8 Å². The van der Waals surface area contributed by atoms with Crippen LogP contribution < -0.4 is 5.56 Å². The highest BCUT2D eigenvalue weighted by atomic mass is 35.5. The van der Waals surface area contributed by atoms with Crippen LogP contribution >= 0.6 is 46.4 Å². The fourth-order valence-corrected chi connectivity index (χ4v) is 3.96. The summed E-state index contributed by atoms with van der Waals surface area (Å²) in [6.45, 7) is 2.27. The van der Waals surface area contributed by atoms with E-state index in [0.29, 0.717) is 43.5 Å². The largest absolute Gasteiger partial charge is 0.319 e. The molecule has 0 aliphatic heterocycles. The first-order valence-corrected chi connectivity index (χ1v) is 10.2. The molecule has 0 aliphatic carbocycles. The van der Waals surface area contributed by atoms with Crippen LogP contribution in [0.2, 0.25) is 20.1 Å². The second kappa shape index (κ2) is 7.69. The number of rotatable bonds is 3. The summed E-state index contributed by atoms with van der Waals surface area (Å²) in [6.07, 6.45) is 1.77. The Morgan fingerprint density at radius 1 is 0.931 bits per heavy atom. The maximum Gasteiger partial charge on any atom is 0.253 e. The van der Waals surface area contributed by atoms with Crippen molar-refractivity contribution in [3.63, 3.8) is 0 Å².